The first-order valence-electron chi connectivity index (χ1n) is 8.15. The average Bonchev–Trinajstić information content (AvgIpc) is 2.98. The van der Waals surface area contributed by atoms with Crippen molar-refractivity contribution in [1.82, 2.24) is 4.98 Å². The number of benzene rings is 2. The highest BCUT2D eigenvalue weighted by molar-refractivity contribution is 7.22. The second-order valence-corrected chi connectivity index (χ2v) is 7.09. The molecular formula is C18H14F3N3O2S. The number of aromatic nitrogens is 1. The number of amides is 1. The molecule has 0 atom stereocenters. The van der Waals surface area contributed by atoms with E-state index in [2.05, 4.69) is 15.0 Å². The van der Waals surface area contributed by atoms with Gasteiger partial charge in [0, 0.05) is 24.8 Å². The summed E-state index contributed by atoms with van der Waals surface area (Å²) in [5.74, 6) is -0.862. The molecule has 1 N–H and O–H groups in total. The normalized spacial score (nSPS) is 14.4. The topological polar surface area (TPSA) is 54.5 Å². The Bertz CT molecular complexity index is 989. The zero-order valence-electron chi connectivity index (χ0n) is 13.9. The van der Waals surface area contributed by atoms with E-state index in [1.165, 1.54) is 35.6 Å². The number of hydrogen-bond donors (Lipinski definition) is 1. The Morgan fingerprint density at radius 3 is 2.78 bits per heavy atom. The highest BCUT2D eigenvalue weighted by atomic mass is 32.1. The summed E-state index contributed by atoms with van der Waals surface area (Å²) in [6.07, 6.45) is 0. The van der Waals surface area contributed by atoms with Crippen LogP contribution in [0.25, 0.3) is 10.2 Å². The van der Waals surface area contributed by atoms with Gasteiger partial charge < -0.3 is 15.0 Å². The van der Waals surface area contributed by atoms with E-state index in [4.69, 9.17) is 0 Å². The van der Waals surface area contributed by atoms with Crippen molar-refractivity contribution in [2.45, 2.75) is 6.61 Å². The van der Waals surface area contributed by atoms with Crippen molar-refractivity contribution < 1.29 is 22.7 Å². The highest BCUT2D eigenvalue weighted by Gasteiger charge is 2.34. The van der Waals surface area contributed by atoms with Gasteiger partial charge in [0.05, 0.1) is 10.6 Å². The van der Waals surface area contributed by atoms with E-state index in [0.717, 1.165) is 4.70 Å². The predicted molar refractivity (Wildman–Crippen MR) is 97.0 cm³/mol. The molecule has 1 fully saturated rings. The number of rotatable bonds is 5. The average molecular weight is 393 g/mol. The maximum Gasteiger partial charge on any atom is 0.387 e. The molecule has 2 heterocycles. The summed E-state index contributed by atoms with van der Waals surface area (Å²) in [6.45, 7) is -2.00. The first kappa shape index (κ1) is 17.6. The highest BCUT2D eigenvalue weighted by Crippen LogP contribution is 2.34. The largest absolute Gasteiger partial charge is 0.435 e. The maximum absolute atomic E-state index is 13.7. The number of nitrogens with one attached hydrogen (secondary N) is 1. The van der Waals surface area contributed by atoms with Crippen molar-refractivity contribution in [3.05, 3.63) is 48.3 Å². The van der Waals surface area contributed by atoms with Gasteiger partial charge in [-0.3, -0.25) is 4.79 Å². The third kappa shape index (κ3) is 3.68. The minimum Gasteiger partial charge on any atom is -0.435 e. The first-order chi connectivity index (χ1) is 13.0. The minimum atomic E-state index is -2.92. The summed E-state index contributed by atoms with van der Waals surface area (Å²) >= 11 is 1.38. The van der Waals surface area contributed by atoms with Crippen LogP contribution in [0.2, 0.25) is 0 Å². The smallest absolute Gasteiger partial charge is 0.387 e. The Balaban J connectivity index is 1.37. The molecule has 1 aromatic heterocycles. The third-order valence-electron chi connectivity index (χ3n) is 4.21. The van der Waals surface area contributed by atoms with E-state index >= 15 is 0 Å². The molecular weight excluding hydrogens is 379 g/mol. The number of para-hydroxylation sites is 1. The molecule has 0 spiro atoms. The van der Waals surface area contributed by atoms with Gasteiger partial charge in [0.2, 0.25) is 5.91 Å². The quantitative estimate of drug-likeness (QED) is 0.709. The fourth-order valence-electron chi connectivity index (χ4n) is 2.83. The van der Waals surface area contributed by atoms with Gasteiger partial charge in [-0.25, -0.2) is 9.37 Å². The lowest BCUT2D eigenvalue weighted by atomic mass is 10.00. The Morgan fingerprint density at radius 1 is 1.26 bits per heavy atom. The molecule has 27 heavy (non-hydrogen) atoms. The van der Waals surface area contributed by atoms with Crippen molar-refractivity contribution in [2.24, 2.45) is 5.92 Å². The fourth-order valence-corrected chi connectivity index (χ4v) is 3.83. The Kier molecular flexibility index (Phi) is 4.61. The molecule has 0 bridgehead atoms. The van der Waals surface area contributed by atoms with Gasteiger partial charge in [-0.05, 0) is 24.3 Å². The summed E-state index contributed by atoms with van der Waals surface area (Å²) in [4.78, 5) is 18.5. The molecule has 5 nitrogen and oxygen atoms in total. The zero-order valence-corrected chi connectivity index (χ0v) is 14.7. The Morgan fingerprint density at radius 2 is 2.04 bits per heavy atom. The Labute approximate surface area is 156 Å². The molecule has 140 valence electrons. The molecule has 9 heteroatoms. The second-order valence-electron chi connectivity index (χ2n) is 6.08. The van der Waals surface area contributed by atoms with Gasteiger partial charge in [0.25, 0.3) is 0 Å². The maximum atomic E-state index is 13.7. The SMILES string of the molecule is O=C(Nc1cccc(OC(F)F)c1)C1CN(c2nc3c(F)cccc3s2)C1. The van der Waals surface area contributed by atoms with E-state index in [1.54, 1.807) is 18.2 Å². The lowest BCUT2D eigenvalue weighted by Crippen LogP contribution is -2.52. The standard InChI is InChI=1S/C18H14F3N3O2S/c19-13-5-2-6-14-15(13)23-18(27-14)24-8-10(9-24)16(25)22-11-3-1-4-12(7-11)26-17(20)21/h1-7,10,17H,8-9H2,(H,22,25). The summed E-state index contributed by atoms with van der Waals surface area (Å²) in [5, 5.41) is 3.37. The molecule has 1 aliphatic heterocycles. The summed E-state index contributed by atoms with van der Waals surface area (Å²) in [5.41, 5.74) is 0.722. The van der Waals surface area contributed by atoms with Crippen LogP contribution in [0.4, 0.5) is 24.0 Å². The molecule has 2 aromatic carbocycles. The van der Waals surface area contributed by atoms with Gasteiger partial charge in [0.15, 0.2) is 5.13 Å². The van der Waals surface area contributed by atoms with Crippen LogP contribution in [-0.2, 0) is 4.79 Å². The molecule has 1 saturated heterocycles. The van der Waals surface area contributed by atoms with Crippen LogP contribution in [0, 0.1) is 11.7 Å². The van der Waals surface area contributed by atoms with E-state index in [1.807, 2.05) is 4.90 Å². The van der Waals surface area contributed by atoms with Crippen molar-refractivity contribution >= 4 is 38.3 Å². The number of carbonyl (C=O) groups excluding carboxylic acids is 1. The molecule has 1 aliphatic rings. The molecule has 0 aliphatic carbocycles. The number of nitrogens with zero attached hydrogens (tertiary/aromatic N) is 2. The molecule has 1 amide bonds. The number of ether oxygens (including phenoxy) is 1. The van der Waals surface area contributed by atoms with Crippen LogP contribution in [-0.4, -0.2) is 30.6 Å². The number of fused-ring (bicyclic) bond motifs is 1. The van der Waals surface area contributed by atoms with Crippen LogP contribution in [0.5, 0.6) is 5.75 Å². The molecule has 4 rings (SSSR count). The summed E-state index contributed by atoms with van der Waals surface area (Å²) < 4.78 is 43.4. The molecule has 3 aromatic rings. The number of thiazole rings is 1. The first-order valence-corrected chi connectivity index (χ1v) is 8.97. The van der Waals surface area contributed by atoms with E-state index < -0.39 is 6.61 Å². The predicted octanol–water partition coefficient (Wildman–Crippen LogP) is 4.11. The van der Waals surface area contributed by atoms with Gasteiger partial charge in [-0.15, -0.1) is 0 Å². The molecule has 0 saturated carbocycles. The number of halogens is 3. The van der Waals surface area contributed by atoms with Crippen LogP contribution in [0.15, 0.2) is 42.5 Å². The van der Waals surface area contributed by atoms with Crippen molar-refractivity contribution in [2.75, 3.05) is 23.3 Å². The number of alkyl halides is 2. The number of anilines is 2. The summed E-state index contributed by atoms with van der Waals surface area (Å²) in [6, 6.07) is 10.7. The van der Waals surface area contributed by atoms with Gasteiger partial charge >= 0.3 is 6.61 Å². The van der Waals surface area contributed by atoms with Crippen LogP contribution < -0.4 is 15.0 Å². The number of hydrogen-bond acceptors (Lipinski definition) is 5. The molecule has 0 radical (unpaired) electrons. The lowest BCUT2D eigenvalue weighted by molar-refractivity contribution is -0.120. The van der Waals surface area contributed by atoms with Crippen molar-refractivity contribution in [3.63, 3.8) is 0 Å². The monoisotopic (exact) mass is 393 g/mol. The van der Waals surface area contributed by atoms with Crippen LogP contribution in [0.1, 0.15) is 0 Å². The third-order valence-corrected chi connectivity index (χ3v) is 5.29. The van der Waals surface area contributed by atoms with Crippen molar-refractivity contribution in [1.29, 1.82) is 0 Å². The number of carbonyl (C=O) groups is 1. The zero-order chi connectivity index (χ0) is 19.0. The summed E-state index contributed by atoms with van der Waals surface area (Å²) in [7, 11) is 0. The molecule has 0 unspecified atom stereocenters. The minimum absolute atomic E-state index is 0.0189. The van der Waals surface area contributed by atoms with Crippen molar-refractivity contribution in [3.8, 4) is 5.75 Å². The van der Waals surface area contributed by atoms with Crippen LogP contribution in [0.3, 0.4) is 0 Å². The van der Waals surface area contributed by atoms with E-state index in [0.29, 0.717) is 29.4 Å². The second kappa shape index (κ2) is 7.07. The lowest BCUT2D eigenvalue weighted by Gasteiger charge is -2.37. The van der Waals surface area contributed by atoms with Crippen LogP contribution >= 0.6 is 11.3 Å². The Hall–Kier alpha value is -2.81. The fraction of sp³-hybridized carbons (Fsp3) is 0.222. The van der Waals surface area contributed by atoms with Gasteiger partial charge in [0.1, 0.15) is 17.1 Å². The van der Waals surface area contributed by atoms with Gasteiger partial charge in [-0.1, -0.05) is 23.5 Å². The van der Waals surface area contributed by atoms with E-state index in [9.17, 15) is 18.0 Å². The van der Waals surface area contributed by atoms with E-state index in [-0.39, 0.29) is 23.4 Å². The van der Waals surface area contributed by atoms with Gasteiger partial charge in [-0.2, -0.15) is 8.78 Å².